The Kier molecular flexibility index (Phi) is 9.28. The number of carbonyl (C=O) groups excluding carboxylic acids is 2. The molecule has 2 aliphatic rings. The predicted molar refractivity (Wildman–Crippen MR) is 151 cm³/mol. The molecule has 2 N–H and O–H groups in total. The number of halogens is 2. The number of benzene rings is 2. The molecular formula is C31H37F2N5O3. The van der Waals surface area contributed by atoms with Gasteiger partial charge in [-0.05, 0) is 43.4 Å². The van der Waals surface area contributed by atoms with E-state index in [0.717, 1.165) is 43.7 Å². The van der Waals surface area contributed by atoms with Gasteiger partial charge in [0.1, 0.15) is 11.6 Å². The SMILES string of the molecule is CCCOC(=O)N[C@H]1CCCCC1n1cnc(C(=O)N2CCNC[C@H]2Cc2cc(F)cc(F)c2)c1-c1ccccc1. The number of imidazole rings is 1. The van der Waals surface area contributed by atoms with Crippen molar-refractivity contribution in [2.45, 2.75) is 63.6 Å². The summed E-state index contributed by atoms with van der Waals surface area (Å²) in [5.74, 6) is -1.50. The van der Waals surface area contributed by atoms with Crippen LogP contribution in [0.2, 0.25) is 0 Å². The summed E-state index contributed by atoms with van der Waals surface area (Å²) in [5.41, 5.74) is 2.37. The molecule has 1 saturated carbocycles. The van der Waals surface area contributed by atoms with E-state index < -0.39 is 17.7 Å². The summed E-state index contributed by atoms with van der Waals surface area (Å²) in [6.45, 7) is 3.86. The minimum absolute atomic E-state index is 0.101. The molecule has 3 aromatic rings. The fourth-order valence-corrected chi connectivity index (χ4v) is 6.00. The van der Waals surface area contributed by atoms with Crippen molar-refractivity contribution in [3.05, 3.63) is 77.8 Å². The molecule has 5 rings (SSSR count). The van der Waals surface area contributed by atoms with Crippen molar-refractivity contribution in [2.75, 3.05) is 26.2 Å². The van der Waals surface area contributed by atoms with Crippen LogP contribution in [0.5, 0.6) is 0 Å². The molecule has 218 valence electrons. The van der Waals surface area contributed by atoms with E-state index in [-0.39, 0.29) is 24.0 Å². The summed E-state index contributed by atoms with van der Waals surface area (Å²) < 4.78 is 35.2. The minimum Gasteiger partial charge on any atom is -0.450 e. The Morgan fingerprint density at radius 3 is 2.61 bits per heavy atom. The van der Waals surface area contributed by atoms with Crippen molar-refractivity contribution in [1.82, 2.24) is 25.1 Å². The van der Waals surface area contributed by atoms with E-state index in [1.807, 2.05) is 41.8 Å². The Hall–Kier alpha value is -3.79. The topological polar surface area (TPSA) is 88.5 Å². The van der Waals surface area contributed by atoms with Crippen LogP contribution in [0.25, 0.3) is 11.3 Å². The summed E-state index contributed by atoms with van der Waals surface area (Å²) in [4.78, 5) is 33.1. The molecule has 3 atom stereocenters. The Bertz CT molecular complexity index is 1330. The van der Waals surface area contributed by atoms with Gasteiger partial charge in [0, 0.05) is 37.3 Å². The van der Waals surface area contributed by atoms with Crippen molar-refractivity contribution in [1.29, 1.82) is 0 Å². The lowest BCUT2D eigenvalue weighted by molar-refractivity contribution is 0.0631. The number of rotatable bonds is 8. The molecule has 1 saturated heterocycles. The predicted octanol–water partition coefficient (Wildman–Crippen LogP) is 5.10. The normalized spacial score (nSPS) is 21.0. The number of hydrogen-bond donors (Lipinski definition) is 2. The highest BCUT2D eigenvalue weighted by atomic mass is 19.1. The molecule has 1 aromatic heterocycles. The van der Waals surface area contributed by atoms with E-state index in [4.69, 9.17) is 4.74 Å². The fraction of sp³-hybridized carbons (Fsp3) is 0.452. The van der Waals surface area contributed by atoms with Crippen LogP contribution in [0.15, 0.2) is 54.9 Å². The van der Waals surface area contributed by atoms with Gasteiger partial charge in [0.05, 0.1) is 30.7 Å². The number of piperazine rings is 1. The Morgan fingerprint density at radius 1 is 1.10 bits per heavy atom. The van der Waals surface area contributed by atoms with Crippen molar-refractivity contribution in [3.63, 3.8) is 0 Å². The number of nitrogens with zero attached hydrogens (tertiary/aromatic N) is 3. The Labute approximate surface area is 239 Å². The molecule has 1 aliphatic heterocycles. The fourth-order valence-electron chi connectivity index (χ4n) is 6.00. The van der Waals surface area contributed by atoms with E-state index in [2.05, 4.69) is 15.6 Å². The summed E-state index contributed by atoms with van der Waals surface area (Å²) >= 11 is 0. The molecule has 1 unspecified atom stereocenters. The first-order chi connectivity index (χ1) is 19.9. The number of carbonyl (C=O) groups is 2. The average molecular weight is 566 g/mol. The van der Waals surface area contributed by atoms with Gasteiger partial charge in [-0.1, -0.05) is 50.1 Å². The molecule has 10 heteroatoms. The molecule has 0 bridgehead atoms. The summed E-state index contributed by atoms with van der Waals surface area (Å²) in [5, 5.41) is 6.35. The highest BCUT2D eigenvalue weighted by Crippen LogP contribution is 2.35. The number of hydrogen-bond acceptors (Lipinski definition) is 5. The first-order valence-electron chi connectivity index (χ1n) is 14.5. The maximum Gasteiger partial charge on any atom is 0.407 e. The van der Waals surface area contributed by atoms with Gasteiger partial charge < -0.3 is 24.8 Å². The average Bonchev–Trinajstić information content (AvgIpc) is 3.41. The van der Waals surface area contributed by atoms with E-state index in [0.29, 0.717) is 49.6 Å². The number of nitrogens with one attached hydrogen (secondary N) is 2. The standard InChI is InChI=1S/C31H37F2N5O3/c1-2-14-41-31(40)36-26-10-6-7-11-27(26)38-20-35-28(29(38)22-8-4-3-5-9-22)30(39)37-13-12-34-19-25(37)17-21-15-23(32)18-24(33)16-21/h3-5,8-9,15-16,18,20,25-27,34H,2,6-7,10-14,17,19H2,1H3,(H,36,40)/t25-,26+,27?/m1/s1. The van der Waals surface area contributed by atoms with Crippen molar-refractivity contribution < 1.29 is 23.1 Å². The molecule has 41 heavy (non-hydrogen) atoms. The Morgan fingerprint density at radius 2 is 1.85 bits per heavy atom. The van der Waals surface area contributed by atoms with Gasteiger partial charge in [-0.25, -0.2) is 18.6 Å². The zero-order chi connectivity index (χ0) is 28.8. The third-order valence-electron chi connectivity index (χ3n) is 7.88. The second kappa shape index (κ2) is 13.2. The van der Waals surface area contributed by atoms with Crippen LogP contribution >= 0.6 is 0 Å². The molecule has 2 heterocycles. The van der Waals surface area contributed by atoms with Gasteiger partial charge in [-0.15, -0.1) is 0 Å². The first-order valence-corrected chi connectivity index (χ1v) is 14.5. The molecule has 8 nitrogen and oxygen atoms in total. The van der Waals surface area contributed by atoms with Crippen LogP contribution < -0.4 is 10.6 Å². The zero-order valence-electron chi connectivity index (χ0n) is 23.3. The highest BCUT2D eigenvalue weighted by molar-refractivity contribution is 5.98. The smallest absolute Gasteiger partial charge is 0.407 e. The van der Waals surface area contributed by atoms with Gasteiger partial charge in [0.2, 0.25) is 0 Å². The molecule has 0 radical (unpaired) electrons. The van der Waals surface area contributed by atoms with Gasteiger partial charge >= 0.3 is 6.09 Å². The van der Waals surface area contributed by atoms with Crippen LogP contribution in [0.3, 0.4) is 0 Å². The summed E-state index contributed by atoms with van der Waals surface area (Å²) in [7, 11) is 0. The van der Waals surface area contributed by atoms with Crippen molar-refractivity contribution >= 4 is 12.0 Å². The lowest BCUT2D eigenvalue weighted by atomic mass is 9.89. The maximum absolute atomic E-state index is 14.2. The van der Waals surface area contributed by atoms with Crippen LogP contribution in [-0.4, -0.2) is 64.8 Å². The molecule has 2 fully saturated rings. The van der Waals surface area contributed by atoms with Crippen LogP contribution in [0.4, 0.5) is 13.6 Å². The molecule has 2 aromatic carbocycles. The van der Waals surface area contributed by atoms with E-state index in [9.17, 15) is 18.4 Å². The minimum atomic E-state index is -0.638. The first kappa shape index (κ1) is 28.7. The largest absolute Gasteiger partial charge is 0.450 e. The van der Waals surface area contributed by atoms with Gasteiger partial charge in [-0.3, -0.25) is 4.79 Å². The number of aromatic nitrogens is 2. The second-order valence-electron chi connectivity index (χ2n) is 10.8. The van der Waals surface area contributed by atoms with E-state index >= 15 is 0 Å². The lowest BCUT2D eigenvalue weighted by Gasteiger charge is -2.36. The van der Waals surface area contributed by atoms with Crippen molar-refractivity contribution in [2.24, 2.45) is 0 Å². The van der Waals surface area contributed by atoms with Crippen LogP contribution in [0, 0.1) is 11.6 Å². The Balaban J connectivity index is 1.47. The van der Waals surface area contributed by atoms with E-state index in [1.54, 1.807) is 11.2 Å². The monoisotopic (exact) mass is 565 g/mol. The summed E-state index contributed by atoms with van der Waals surface area (Å²) in [6, 6.07) is 12.6. The molecule has 1 aliphatic carbocycles. The summed E-state index contributed by atoms with van der Waals surface area (Å²) in [6.07, 6.45) is 5.93. The zero-order valence-corrected chi connectivity index (χ0v) is 23.3. The van der Waals surface area contributed by atoms with Crippen LogP contribution in [0.1, 0.15) is 61.1 Å². The third-order valence-corrected chi connectivity index (χ3v) is 7.88. The van der Waals surface area contributed by atoms with E-state index in [1.165, 1.54) is 12.1 Å². The highest BCUT2D eigenvalue weighted by Gasteiger charge is 2.35. The maximum atomic E-state index is 14.2. The molecular weight excluding hydrogens is 528 g/mol. The third kappa shape index (κ3) is 6.75. The van der Waals surface area contributed by atoms with Gasteiger partial charge in [-0.2, -0.15) is 0 Å². The number of ether oxygens (including phenoxy) is 1. The lowest BCUT2D eigenvalue weighted by Crippen LogP contribution is -2.54. The van der Waals surface area contributed by atoms with Crippen molar-refractivity contribution in [3.8, 4) is 11.3 Å². The van der Waals surface area contributed by atoms with Crippen LogP contribution in [-0.2, 0) is 11.2 Å². The van der Waals surface area contributed by atoms with Gasteiger partial charge in [0.25, 0.3) is 5.91 Å². The molecule has 0 spiro atoms. The van der Waals surface area contributed by atoms with Gasteiger partial charge in [0.15, 0.2) is 5.69 Å². The second-order valence-corrected chi connectivity index (χ2v) is 10.8. The number of alkyl carbamates (subject to hydrolysis) is 1. The number of amides is 2. The molecule has 2 amide bonds. The quantitative estimate of drug-likeness (QED) is 0.397.